The van der Waals surface area contributed by atoms with Crippen LogP contribution >= 0.6 is 0 Å². The van der Waals surface area contributed by atoms with Gasteiger partial charge in [0.15, 0.2) is 0 Å². The van der Waals surface area contributed by atoms with Crippen molar-refractivity contribution < 1.29 is 12.8 Å². The predicted octanol–water partition coefficient (Wildman–Crippen LogP) is 1.91. The van der Waals surface area contributed by atoms with Gasteiger partial charge in [0.1, 0.15) is 5.82 Å². The van der Waals surface area contributed by atoms with Gasteiger partial charge in [-0.1, -0.05) is 6.07 Å². The Balaban J connectivity index is 2.05. The molecule has 1 fully saturated rings. The summed E-state index contributed by atoms with van der Waals surface area (Å²) < 4.78 is 38.7. The number of sulfonamides is 1. The van der Waals surface area contributed by atoms with Crippen molar-refractivity contribution in [1.29, 1.82) is 0 Å². The fraction of sp³-hybridized carbons (Fsp3) is 0.308. The van der Waals surface area contributed by atoms with Gasteiger partial charge >= 0.3 is 0 Å². The Hall–Kier alpha value is -1.53. The summed E-state index contributed by atoms with van der Waals surface area (Å²) in [5.41, 5.74) is 1.27. The Kier molecular flexibility index (Phi) is 2.99. The van der Waals surface area contributed by atoms with Crippen LogP contribution in [-0.4, -0.2) is 30.0 Å². The third-order valence-corrected chi connectivity index (χ3v) is 5.25. The SMILES string of the molecule is O=S1(=O)CCCN1Cc1ccc(F)c2cccnc12. The van der Waals surface area contributed by atoms with Gasteiger partial charge in [-0.3, -0.25) is 4.98 Å². The Morgan fingerprint density at radius 1 is 1.32 bits per heavy atom. The molecule has 0 saturated carbocycles. The van der Waals surface area contributed by atoms with Gasteiger partial charge in [0, 0.05) is 24.7 Å². The van der Waals surface area contributed by atoms with Crippen LogP contribution in [0.1, 0.15) is 12.0 Å². The topological polar surface area (TPSA) is 50.3 Å². The second-order valence-electron chi connectivity index (χ2n) is 4.61. The van der Waals surface area contributed by atoms with Crippen LogP contribution in [-0.2, 0) is 16.6 Å². The molecule has 2 heterocycles. The lowest BCUT2D eigenvalue weighted by molar-refractivity contribution is 0.440. The molecule has 0 aliphatic carbocycles. The molecule has 3 rings (SSSR count). The zero-order chi connectivity index (χ0) is 13.5. The molecule has 0 spiro atoms. The molecule has 0 N–H and O–H groups in total. The van der Waals surface area contributed by atoms with Crippen molar-refractivity contribution >= 4 is 20.9 Å². The average Bonchev–Trinajstić information content (AvgIpc) is 2.72. The summed E-state index contributed by atoms with van der Waals surface area (Å²) in [5.74, 6) is -0.143. The van der Waals surface area contributed by atoms with Crippen molar-refractivity contribution in [3.63, 3.8) is 0 Å². The van der Waals surface area contributed by atoms with Gasteiger partial charge in [-0.25, -0.2) is 12.8 Å². The molecular formula is C13H13FN2O2S. The Morgan fingerprint density at radius 3 is 2.89 bits per heavy atom. The lowest BCUT2D eigenvalue weighted by Crippen LogP contribution is -2.25. The minimum atomic E-state index is -3.15. The van der Waals surface area contributed by atoms with Crippen LogP contribution < -0.4 is 0 Å². The van der Waals surface area contributed by atoms with Gasteiger partial charge in [0.05, 0.1) is 11.3 Å². The van der Waals surface area contributed by atoms with E-state index in [4.69, 9.17) is 0 Å². The van der Waals surface area contributed by atoms with Crippen LogP contribution in [0.15, 0.2) is 30.5 Å². The molecule has 6 heteroatoms. The first-order valence-corrected chi connectivity index (χ1v) is 7.69. The van der Waals surface area contributed by atoms with Crippen molar-refractivity contribution in [2.24, 2.45) is 0 Å². The van der Waals surface area contributed by atoms with Crippen molar-refractivity contribution in [2.75, 3.05) is 12.3 Å². The Bertz CT molecular complexity index is 731. The van der Waals surface area contributed by atoms with E-state index in [2.05, 4.69) is 4.98 Å². The van der Waals surface area contributed by atoms with E-state index in [1.807, 2.05) is 0 Å². The van der Waals surface area contributed by atoms with E-state index in [0.29, 0.717) is 23.9 Å². The van der Waals surface area contributed by atoms with Crippen LogP contribution in [0.5, 0.6) is 0 Å². The van der Waals surface area contributed by atoms with E-state index in [1.165, 1.54) is 10.4 Å². The highest BCUT2D eigenvalue weighted by Crippen LogP contribution is 2.23. The van der Waals surface area contributed by atoms with Gasteiger partial charge in [0.2, 0.25) is 10.0 Å². The smallest absolute Gasteiger partial charge is 0.214 e. The minimum absolute atomic E-state index is 0.194. The van der Waals surface area contributed by atoms with Gasteiger partial charge < -0.3 is 0 Å². The summed E-state index contributed by atoms with van der Waals surface area (Å²) in [6.07, 6.45) is 2.23. The molecule has 0 unspecified atom stereocenters. The molecular weight excluding hydrogens is 267 g/mol. The maximum Gasteiger partial charge on any atom is 0.214 e. The van der Waals surface area contributed by atoms with Crippen LogP contribution in [0.4, 0.5) is 4.39 Å². The minimum Gasteiger partial charge on any atom is -0.256 e. The fourth-order valence-corrected chi connectivity index (χ4v) is 3.88. The predicted molar refractivity (Wildman–Crippen MR) is 70.5 cm³/mol. The lowest BCUT2D eigenvalue weighted by Gasteiger charge is -2.15. The number of rotatable bonds is 2. The van der Waals surface area contributed by atoms with Gasteiger partial charge in [-0.05, 0) is 30.2 Å². The quantitative estimate of drug-likeness (QED) is 0.844. The molecule has 0 atom stereocenters. The maximum absolute atomic E-state index is 13.7. The molecule has 2 aromatic rings. The monoisotopic (exact) mass is 280 g/mol. The zero-order valence-electron chi connectivity index (χ0n) is 10.2. The maximum atomic E-state index is 13.7. The number of halogens is 1. The molecule has 4 nitrogen and oxygen atoms in total. The first-order chi connectivity index (χ1) is 9.08. The highest BCUT2D eigenvalue weighted by Gasteiger charge is 2.28. The molecule has 0 amide bonds. The molecule has 1 aliphatic rings. The largest absolute Gasteiger partial charge is 0.256 e. The molecule has 1 aliphatic heterocycles. The number of hydrogen-bond donors (Lipinski definition) is 0. The zero-order valence-corrected chi connectivity index (χ0v) is 11.0. The van der Waals surface area contributed by atoms with Crippen molar-refractivity contribution in [2.45, 2.75) is 13.0 Å². The van der Waals surface area contributed by atoms with Gasteiger partial charge in [0.25, 0.3) is 0 Å². The number of hydrogen-bond acceptors (Lipinski definition) is 3. The summed E-state index contributed by atoms with van der Waals surface area (Å²) in [4.78, 5) is 4.17. The summed E-state index contributed by atoms with van der Waals surface area (Å²) >= 11 is 0. The van der Waals surface area contributed by atoms with Crippen molar-refractivity contribution in [1.82, 2.24) is 9.29 Å². The lowest BCUT2D eigenvalue weighted by atomic mass is 10.1. The number of nitrogens with zero attached hydrogens (tertiary/aromatic N) is 2. The van der Waals surface area contributed by atoms with E-state index in [0.717, 1.165) is 5.56 Å². The molecule has 1 aromatic heterocycles. The molecule has 0 radical (unpaired) electrons. The van der Waals surface area contributed by atoms with Gasteiger partial charge in [-0.15, -0.1) is 0 Å². The molecule has 100 valence electrons. The van der Waals surface area contributed by atoms with E-state index in [-0.39, 0.29) is 18.1 Å². The van der Waals surface area contributed by atoms with Gasteiger partial charge in [-0.2, -0.15) is 4.31 Å². The summed E-state index contributed by atoms with van der Waals surface area (Å²) in [7, 11) is -3.15. The van der Waals surface area contributed by atoms with E-state index in [9.17, 15) is 12.8 Å². The average molecular weight is 280 g/mol. The highest BCUT2D eigenvalue weighted by molar-refractivity contribution is 7.89. The van der Waals surface area contributed by atoms with Crippen molar-refractivity contribution in [3.8, 4) is 0 Å². The second kappa shape index (κ2) is 4.54. The summed E-state index contributed by atoms with van der Waals surface area (Å²) in [5, 5.41) is 0.427. The second-order valence-corrected chi connectivity index (χ2v) is 6.70. The number of benzene rings is 1. The van der Waals surface area contributed by atoms with E-state index in [1.54, 1.807) is 24.4 Å². The standard InChI is InChI=1S/C13H13FN2O2S/c14-12-5-4-10(13-11(12)3-1-6-15-13)9-16-7-2-8-19(16,17)18/h1,3-6H,2,7-9H2. The molecule has 1 saturated heterocycles. The molecule has 0 bridgehead atoms. The first-order valence-electron chi connectivity index (χ1n) is 6.08. The Morgan fingerprint density at radius 2 is 2.16 bits per heavy atom. The van der Waals surface area contributed by atoms with Crippen molar-refractivity contribution in [3.05, 3.63) is 41.8 Å². The van der Waals surface area contributed by atoms with E-state index >= 15 is 0 Å². The summed E-state index contributed by atoms with van der Waals surface area (Å²) in [6.45, 7) is 0.782. The third-order valence-electron chi connectivity index (χ3n) is 3.35. The van der Waals surface area contributed by atoms with Crippen LogP contribution in [0.25, 0.3) is 10.9 Å². The summed E-state index contributed by atoms with van der Waals surface area (Å²) in [6, 6.07) is 6.29. The molecule has 19 heavy (non-hydrogen) atoms. The highest BCUT2D eigenvalue weighted by atomic mass is 32.2. The fourth-order valence-electron chi connectivity index (χ4n) is 2.38. The third kappa shape index (κ3) is 2.21. The molecule has 1 aromatic carbocycles. The van der Waals surface area contributed by atoms with Crippen LogP contribution in [0.2, 0.25) is 0 Å². The normalized spacial score (nSPS) is 19.0. The number of fused-ring (bicyclic) bond motifs is 1. The number of pyridine rings is 1. The Labute approximate surface area is 110 Å². The van der Waals surface area contributed by atoms with Crippen LogP contribution in [0, 0.1) is 5.82 Å². The van der Waals surface area contributed by atoms with E-state index < -0.39 is 10.0 Å². The number of aromatic nitrogens is 1. The first kappa shape index (κ1) is 12.5. The van der Waals surface area contributed by atoms with Crippen LogP contribution in [0.3, 0.4) is 0 Å².